The van der Waals surface area contributed by atoms with Gasteiger partial charge in [0.2, 0.25) is 5.91 Å². The van der Waals surface area contributed by atoms with E-state index in [1.54, 1.807) is 0 Å². The van der Waals surface area contributed by atoms with Crippen molar-refractivity contribution in [2.75, 3.05) is 25.0 Å². The smallest absolute Gasteiger partial charge is 0.339 e. The molecule has 2 unspecified atom stereocenters. The molecule has 2 atom stereocenters. The molecular formula is C17H24N2O4S. The van der Waals surface area contributed by atoms with E-state index in [0.29, 0.717) is 23.7 Å². The molecule has 1 aromatic rings. The van der Waals surface area contributed by atoms with Crippen LogP contribution in [0.4, 0.5) is 5.00 Å². The third-order valence-corrected chi connectivity index (χ3v) is 5.71. The number of fused-ring (bicyclic) bond motifs is 1. The number of rotatable bonds is 4. The molecule has 0 spiro atoms. The molecule has 2 N–H and O–H groups in total. The Labute approximate surface area is 145 Å². The molecule has 7 heteroatoms. The highest BCUT2D eigenvalue weighted by Gasteiger charge is 2.27. The largest absolute Gasteiger partial charge is 0.478 e. The van der Waals surface area contributed by atoms with Crippen LogP contribution >= 0.6 is 11.3 Å². The van der Waals surface area contributed by atoms with Gasteiger partial charge in [-0.1, -0.05) is 0 Å². The molecule has 0 saturated carbocycles. The molecule has 1 aliphatic heterocycles. The van der Waals surface area contributed by atoms with Crippen LogP contribution < -0.4 is 5.32 Å². The minimum atomic E-state index is -0.946. The van der Waals surface area contributed by atoms with Crippen molar-refractivity contribution in [1.82, 2.24) is 4.90 Å². The third kappa shape index (κ3) is 3.79. The molecule has 2 heterocycles. The van der Waals surface area contributed by atoms with Crippen LogP contribution in [0.5, 0.6) is 0 Å². The molecule has 0 aromatic carbocycles. The fourth-order valence-corrected chi connectivity index (χ4v) is 4.96. The van der Waals surface area contributed by atoms with Crippen molar-refractivity contribution in [3.05, 3.63) is 16.0 Å². The van der Waals surface area contributed by atoms with Gasteiger partial charge in [0.15, 0.2) is 0 Å². The van der Waals surface area contributed by atoms with Crippen molar-refractivity contribution in [1.29, 1.82) is 0 Å². The summed E-state index contributed by atoms with van der Waals surface area (Å²) in [6.07, 6.45) is 4.01. The number of morpholine rings is 1. The second-order valence-corrected chi connectivity index (χ2v) is 7.82. The molecule has 1 aliphatic carbocycles. The van der Waals surface area contributed by atoms with Crippen molar-refractivity contribution in [2.24, 2.45) is 0 Å². The minimum absolute atomic E-state index is 0.102. The number of carboxylic acid groups (broad SMARTS) is 1. The van der Waals surface area contributed by atoms with Gasteiger partial charge in [-0.15, -0.1) is 11.3 Å². The Morgan fingerprint density at radius 3 is 2.58 bits per heavy atom. The highest BCUT2D eigenvalue weighted by molar-refractivity contribution is 7.17. The van der Waals surface area contributed by atoms with Crippen molar-refractivity contribution < 1.29 is 19.4 Å². The zero-order valence-electron chi connectivity index (χ0n) is 14.1. The number of carbonyl (C=O) groups excluding carboxylic acids is 1. The van der Waals surface area contributed by atoms with Gasteiger partial charge >= 0.3 is 5.97 Å². The maximum absolute atomic E-state index is 12.4. The number of amides is 1. The van der Waals surface area contributed by atoms with Crippen LogP contribution in [-0.2, 0) is 22.4 Å². The third-order valence-electron chi connectivity index (χ3n) is 4.50. The standard InChI is InChI=1S/C17H24N2O4S/c1-10-7-19(8-11(2)23-10)9-14(20)18-16-15(17(21)22)12-5-3-4-6-13(12)24-16/h10-11H,3-9H2,1-2H3,(H,18,20)(H,21,22). The summed E-state index contributed by atoms with van der Waals surface area (Å²) >= 11 is 1.43. The number of hydrogen-bond donors (Lipinski definition) is 2. The molecule has 132 valence electrons. The molecule has 3 rings (SSSR count). The zero-order valence-corrected chi connectivity index (χ0v) is 14.9. The number of hydrogen-bond acceptors (Lipinski definition) is 5. The lowest BCUT2D eigenvalue weighted by atomic mass is 9.95. The van der Waals surface area contributed by atoms with Crippen molar-refractivity contribution in [3.8, 4) is 0 Å². The molecule has 1 saturated heterocycles. The summed E-state index contributed by atoms with van der Waals surface area (Å²) in [7, 11) is 0. The highest BCUT2D eigenvalue weighted by Crippen LogP contribution is 2.38. The molecule has 24 heavy (non-hydrogen) atoms. The first kappa shape index (κ1) is 17.4. The Balaban J connectivity index is 1.70. The molecule has 2 aliphatic rings. The Morgan fingerprint density at radius 2 is 1.92 bits per heavy atom. The molecule has 0 bridgehead atoms. The lowest BCUT2D eigenvalue weighted by Gasteiger charge is -2.34. The van der Waals surface area contributed by atoms with E-state index in [2.05, 4.69) is 10.2 Å². The Kier molecular flexibility index (Phi) is 5.22. The lowest BCUT2D eigenvalue weighted by molar-refractivity contribution is -0.121. The monoisotopic (exact) mass is 352 g/mol. The second-order valence-electron chi connectivity index (χ2n) is 6.72. The number of ether oxygens (including phenoxy) is 1. The van der Waals surface area contributed by atoms with Gasteiger partial charge in [0.1, 0.15) is 5.00 Å². The van der Waals surface area contributed by atoms with E-state index in [1.165, 1.54) is 11.3 Å². The molecule has 1 fully saturated rings. The normalized spacial score (nSPS) is 24.4. The predicted molar refractivity (Wildman–Crippen MR) is 93.0 cm³/mol. The van der Waals surface area contributed by atoms with E-state index in [-0.39, 0.29) is 24.7 Å². The second kappa shape index (κ2) is 7.21. The average molecular weight is 352 g/mol. The van der Waals surface area contributed by atoms with E-state index in [9.17, 15) is 14.7 Å². The van der Waals surface area contributed by atoms with Crippen molar-refractivity contribution in [3.63, 3.8) is 0 Å². The van der Waals surface area contributed by atoms with Crippen LogP contribution in [0.25, 0.3) is 0 Å². The number of nitrogens with one attached hydrogen (secondary N) is 1. The average Bonchev–Trinajstić information content (AvgIpc) is 2.83. The van der Waals surface area contributed by atoms with Gasteiger partial charge in [-0.25, -0.2) is 4.79 Å². The van der Waals surface area contributed by atoms with Crippen LogP contribution in [-0.4, -0.2) is 53.7 Å². The van der Waals surface area contributed by atoms with Crippen molar-refractivity contribution in [2.45, 2.75) is 51.7 Å². The predicted octanol–water partition coefficient (Wildman–Crippen LogP) is 2.37. The topological polar surface area (TPSA) is 78.9 Å². The van der Waals surface area contributed by atoms with E-state index in [0.717, 1.165) is 36.1 Å². The lowest BCUT2D eigenvalue weighted by Crippen LogP contribution is -2.48. The summed E-state index contributed by atoms with van der Waals surface area (Å²) in [5.41, 5.74) is 1.22. The Bertz CT molecular complexity index is 633. The van der Waals surface area contributed by atoms with E-state index in [4.69, 9.17) is 4.74 Å². The zero-order chi connectivity index (χ0) is 17.3. The Morgan fingerprint density at radius 1 is 1.25 bits per heavy atom. The number of anilines is 1. The molecular weight excluding hydrogens is 328 g/mol. The van der Waals surface area contributed by atoms with Crippen LogP contribution in [0.15, 0.2) is 0 Å². The van der Waals surface area contributed by atoms with Crippen molar-refractivity contribution >= 4 is 28.2 Å². The van der Waals surface area contributed by atoms with Gasteiger partial charge in [-0.2, -0.15) is 0 Å². The first-order chi connectivity index (χ1) is 11.4. The number of carboxylic acids is 1. The maximum Gasteiger partial charge on any atom is 0.339 e. The first-order valence-corrected chi connectivity index (χ1v) is 9.31. The summed E-state index contributed by atoms with van der Waals surface area (Å²) in [6.45, 7) is 5.68. The number of carbonyl (C=O) groups is 2. The summed E-state index contributed by atoms with van der Waals surface area (Å²) < 4.78 is 5.67. The molecule has 0 radical (unpaired) electrons. The summed E-state index contributed by atoms with van der Waals surface area (Å²) in [5, 5.41) is 12.9. The number of aryl methyl sites for hydroxylation is 1. The van der Waals surface area contributed by atoms with Gasteiger partial charge in [-0.05, 0) is 45.1 Å². The van der Waals surface area contributed by atoms with E-state index < -0.39 is 5.97 Å². The van der Waals surface area contributed by atoms with Gasteiger partial charge in [-0.3, -0.25) is 9.69 Å². The van der Waals surface area contributed by atoms with Gasteiger partial charge in [0.25, 0.3) is 0 Å². The summed E-state index contributed by atoms with van der Waals surface area (Å²) in [6, 6.07) is 0. The minimum Gasteiger partial charge on any atom is -0.478 e. The number of thiophene rings is 1. The molecule has 1 aromatic heterocycles. The maximum atomic E-state index is 12.4. The van der Waals surface area contributed by atoms with Crippen LogP contribution in [0.1, 0.15) is 47.5 Å². The molecule has 6 nitrogen and oxygen atoms in total. The van der Waals surface area contributed by atoms with E-state index in [1.807, 2.05) is 13.8 Å². The van der Waals surface area contributed by atoms with Gasteiger partial charge in [0.05, 0.1) is 24.3 Å². The quantitative estimate of drug-likeness (QED) is 0.870. The SMILES string of the molecule is CC1CN(CC(=O)Nc2sc3c(c2C(=O)O)CCCC3)CC(C)O1. The number of nitrogens with zero attached hydrogens (tertiary/aromatic N) is 1. The van der Waals surface area contributed by atoms with Crippen LogP contribution in [0, 0.1) is 0 Å². The van der Waals surface area contributed by atoms with Gasteiger partial charge < -0.3 is 15.2 Å². The number of aromatic carboxylic acids is 1. The molecule has 1 amide bonds. The highest BCUT2D eigenvalue weighted by atomic mass is 32.1. The van der Waals surface area contributed by atoms with E-state index >= 15 is 0 Å². The Hall–Kier alpha value is -1.44. The summed E-state index contributed by atoms with van der Waals surface area (Å²) in [5.74, 6) is -1.10. The summed E-state index contributed by atoms with van der Waals surface area (Å²) in [4.78, 5) is 27.2. The first-order valence-electron chi connectivity index (χ1n) is 8.49. The fourth-order valence-electron chi connectivity index (χ4n) is 3.66. The fraction of sp³-hybridized carbons (Fsp3) is 0.647. The van der Waals surface area contributed by atoms with Crippen LogP contribution in [0.3, 0.4) is 0 Å². The van der Waals surface area contributed by atoms with Crippen LogP contribution in [0.2, 0.25) is 0 Å². The van der Waals surface area contributed by atoms with Gasteiger partial charge in [0, 0.05) is 18.0 Å².